The normalized spacial score (nSPS) is 9.42. The summed E-state index contributed by atoms with van der Waals surface area (Å²) in [5.41, 5.74) is 7.34. The van der Waals surface area contributed by atoms with Gasteiger partial charge in [0.05, 0.1) is 29.4 Å². The Balaban J connectivity index is 0.00000324. The zero-order valence-electron chi connectivity index (χ0n) is 10.5. The Morgan fingerprint density at radius 3 is 2.68 bits per heavy atom. The van der Waals surface area contributed by atoms with Crippen LogP contribution in [0.3, 0.4) is 0 Å². The minimum atomic E-state index is -0.608. The highest BCUT2D eigenvalue weighted by Crippen LogP contribution is 2.22. The van der Waals surface area contributed by atoms with E-state index in [1.54, 1.807) is 13.0 Å². The third kappa shape index (κ3) is 4.22. The zero-order valence-corrected chi connectivity index (χ0v) is 12.1. The lowest BCUT2D eigenvalue weighted by Crippen LogP contribution is -2.39. The number of nitrogens with two attached hydrogens (primary N) is 1. The van der Waals surface area contributed by atoms with Gasteiger partial charge in [0.15, 0.2) is 0 Å². The first kappa shape index (κ1) is 17.4. The smallest absolute Gasteiger partial charge is 0.347 e. The van der Waals surface area contributed by atoms with Gasteiger partial charge in [-0.1, -0.05) is 0 Å². The van der Waals surface area contributed by atoms with Crippen LogP contribution in [0, 0.1) is 11.8 Å². The third-order valence-electron chi connectivity index (χ3n) is 2.31. The highest BCUT2D eigenvalue weighted by atomic mass is 35.5. The molecule has 9 heteroatoms. The first-order valence-corrected chi connectivity index (χ1v) is 5.71. The number of carbonyl (C=O) groups is 1. The van der Waals surface area contributed by atoms with E-state index < -0.39 is 6.03 Å². The number of nitrogen functional groups attached to an aromatic ring is 1. The van der Waals surface area contributed by atoms with Crippen LogP contribution in [-0.4, -0.2) is 35.5 Å². The highest BCUT2D eigenvalue weighted by Gasteiger charge is 2.21. The summed E-state index contributed by atoms with van der Waals surface area (Å²) in [5.74, 6) is 0.118. The molecule has 0 spiro atoms. The van der Waals surface area contributed by atoms with Gasteiger partial charge in [0, 0.05) is 18.6 Å². The van der Waals surface area contributed by atoms with Crippen LogP contribution in [0.15, 0.2) is 17.5 Å². The lowest BCUT2D eigenvalue weighted by molar-refractivity contribution is 0.210. The molecule has 1 heterocycles. The van der Waals surface area contributed by atoms with E-state index in [9.17, 15) is 9.70 Å². The molecule has 1 aromatic heterocycles. The molecule has 1 aromatic rings. The van der Waals surface area contributed by atoms with E-state index >= 15 is 0 Å². The van der Waals surface area contributed by atoms with Crippen molar-refractivity contribution in [2.45, 2.75) is 6.92 Å². The molecule has 0 fully saturated rings. The van der Waals surface area contributed by atoms with E-state index in [4.69, 9.17) is 17.3 Å². The predicted molar refractivity (Wildman–Crippen MR) is 77.7 cm³/mol. The van der Waals surface area contributed by atoms with Crippen molar-refractivity contribution >= 4 is 41.4 Å². The molecule has 0 bridgehead atoms. The molecule has 0 aromatic carbocycles. The van der Waals surface area contributed by atoms with Crippen LogP contribution in [0.25, 0.3) is 0 Å². The molecule has 7 nitrogen and oxygen atoms in total. The van der Waals surface area contributed by atoms with Crippen molar-refractivity contribution in [3.8, 4) is 0 Å². The van der Waals surface area contributed by atoms with Gasteiger partial charge in [0.1, 0.15) is 0 Å². The summed E-state index contributed by atoms with van der Waals surface area (Å²) < 4.78 is 0. The lowest BCUT2D eigenvalue weighted by atomic mass is 10.3. The summed E-state index contributed by atoms with van der Waals surface area (Å²) in [6, 6.07) is 1.03. The number of halogens is 2. The zero-order chi connectivity index (χ0) is 13.7. The van der Waals surface area contributed by atoms with E-state index in [1.807, 2.05) is 0 Å². The van der Waals surface area contributed by atoms with Crippen LogP contribution >= 0.6 is 24.0 Å². The van der Waals surface area contributed by atoms with E-state index in [-0.39, 0.29) is 24.8 Å². The van der Waals surface area contributed by atoms with E-state index in [1.165, 1.54) is 18.1 Å². The van der Waals surface area contributed by atoms with Crippen molar-refractivity contribution in [3.05, 3.63) is 22.9 Å². The average molecular weight is 308 g/mol. The second kappa shape index (κ2) is 7.75. The standard InChI is InChI=1S/C10H14ClN5O2.ClH/c1-7-5-8(12)9(6-13-7)15(2)10(17)16(14-18)4-3-11;/h5-6H,3-4H2,1-2H3,(H2,12,13);1H. The monoisotopic (exact) mass is 307 g/mol. The van der Waals surface area contributed by atoms with Gasteiger partial charge in [0.2, 0.25) is 0 Å². The van der Waals surface area contributed by atoms with Crippen molar-refractivity contribution in [2.24, 2.45) is 5.29 Å². The molecule has 0 aliphatic rings. The SMILES string of the molecule is Cc1cc(N)c(N(C)C(=O)N(CCCl)N=O)cn1.Cl. The topological polar surface area (TPSA) is 91.9 Å². The number of nitroso groups, excluding NO2 is 1. The summed E-state index contributed by atoms with van der Waals surface area (Å²) >= 11 is 5.47. The quantitative estimate of drug-likeness (QED) is 0.524. The van der Waals surface area contributed by atoms with Crippen LogP contribution in [0.2, 0.25) is 0 Å². The molecule has 19 heavy (non-hydrogen) atoms. The molecule has 0 saturated heterocycles. The van der Waals surface area contributed by atoms with E-state index in [2.05, 4.69) is 10.3 Å². The Hall–Kier alpha value is -1.60. The van der Waals surface area contributed by atoms with Gasteiger partial charge in [-0.2, -0.15) is 5.01 Å². The van der Waals surface area contributed by atoms with Crippen molar-refractivity contribution in [1.82, 2.24) is 9.99 Å². The maximum Gasteiger partial charge on any atom is 0.347 e. The van der Waals surface area contributed by atoms with Crippen LogP contribution in [-0.2, 0) is 0 Å². The summed E-state index contributed by atoms with van der Waals surface area (Å²) in [4.78, 5) is 27.7. The Morgan fingerprint density at radius 1 is 1.58 bits per heavy atom. The Bertz CT molecular complexity index is 458. The molecule has 2 amide bonds. The van der Waals surface area contributed by atoms with Gasteiger partial charge >= 0.3 is 6.03 Å². The van der Waals surface area contributed by atoms with Crippen molar-refractivity contribution in [1.29, 1.82) is 0 Å². The summed E-state index contributed by atoms with van der Waals surface area (Å²) in [5, 5.41) is 3.35. The minimum Gasteiger partial charge on any atom is -0.397 e. The van der Waals surface area contributed by atoms with Crippen molar-refractivity contribution in [2.75, 3.05) is 30.1 Å². The number of hydrogen-bond acceptors (Lipinski definition) is 5. The maximum absolute atomic E-state index is 11.9. The fourth-order valence-corrected chi connectivity index (χ4v) is 1.54. The van der Waals surface area contributed by atoms with Crippen LogP contribution < -0.4 is 10.6 Å². The molecular weight excluding hydrogens is 293 g/mol. The fraction of sp³-hybridized carbons (Fsp3) is 0.400. The number of anilines is 2. The molecule has 106 valence electrons. The summed E-state index contributed by atoms with van der Waals surface area (Å²) in [6.07, 6.45) is 1.46. The molecule has 0 radical (unpaired) electrons. The molecule has 0 unspecified atom stereocenters. The fourth-order valence-electron chi connectivity index (χ4n) is 1.38. The van der Waals surface area contributed by atoms with Crippen molar-refractivity contribution < 1.29 is 4.79 Å². The van der Waals surface area contributed by atoms with Gasteiger partial charge in [-0.25, -0.2) is 4.79 Å². The number of alkyl halides is 1. The number of aromatic nitrogens is 1. The van der Waals surface area contributed by atoms with Crippen LogP contribution in [0.4, 0.5) is 16.2 Å². The summed E-state index contributed by atoms with van der Waals surface area (Å²) in [6.45, 7) is 1.82. The lowest BCUT2D eigenvalue weighted by Gasteiger charge is -2.22. The molecular formula is C10H15Cl2N5O2. The van der Waals surface area contributed by atoms with Crippen LogP contribution in [0.5, 0.6) is 0 Å². The molecule has 1 rings (SSSR count). The minimum absolute atomic E-state index is 0. The van der Waals surface area contributed by atoms with Crippen LogP contribution in [0.1, 0.15) is 5.69 Å². The number of amides is 2. The second-order valence-electron chi connectivity index (χ2n) is 3.62. The largest absolute Gasteiger partial charge is 0.397 e. The Morgan fingerprint density at radius 2 is 2.21 bits per heavy atom. The Kier molecular flexibility index (Phi) is 7.10. The van der Waals surface area contributed by atoms with E-state index in [0.717, 1.165) is 10.7 Å². The second-order valence-corrected chi connectivity index (χ2v) is 4.00. The maximum atomic E-state index is 11.9. The molecule has 0 aliphatic carbocycles. The predicted octanol–water partition coefficient (Wildman–Crippen LogP) is 2.17. The van der Waals surface area contributed by atoms with Gasteiger partial charge in [-0.05, 0) is 13.0 Å². The summed E-state index contributed by atoms with van der Waals surface area (Å²) in [7, 11) is 1.48. The van der Waals surface area contributed by atoms with Gasteiger partial charge in [-0.3, -0.25) is 9.88 Å². The molecule has 0 atom stereocenters. The number of hydrogen-bond donors (Lipinski definition) is 1. The molecule has 2 N–H and O–H groups in total. The average Bonchev–Trinajstić information content (AvgIpc) is 2.34. The first-order valence-electron chi connectivity index (χ1n) is 5.17. The molecule has 0 aliphatic heterocycles. The third-order valence-corrected chi connectivity index (χ3v) is 2.48. The number of pyridine rings is 1. The number of aryl methyl sites for hydroxylation is 1. The number of rotatable bonds is 4. The number of nitrogens with zero attached hydrogens (tertiary/aromatic N) is 4. The number of carbonyl (C=O) groups excluding carboxylic acids is 1. The van der Waals surface area contributed by atoms with Gasteiger partial charge in [0.25, 0.3) is 0 Å². The first-order chi connectivity index (χ1) is 8.51. The number of urea groups is 1. The highest BCUT2D eigenvalue weighted by molar-refractivity contribution is 6.18. The van der Waals surface area contributed by atoms with E-state index in [0.29, 0.717) is 11.4 Å². The molecule has 0 saturated carbocycles. The van der Waals surface area contributed by atoms with Crippen molar-refractivity contribution in [3.63, 3.8) is 0 Å². The Labute approximate surface area is 122 Å². The van der Waals surface area contributed by atoms with Gasteiger partial charge in [-0.15, -0.1) is 28.9 Å². The van der Waals surface area contributed by atoms with Gasteiger partial charge < -0.3 is 5.73 Å².